The lowest BCUT2D eigenvalue weighted by Crippen LogP contribution is -2.28. The molecule has 0 saturated heterocycles. The van der Waals surface area contributed by atoms with Crippen molar-refractivity contribution in [2.24, 2.45) is 0 Å². The first-order chi connectivity index (χ1) is 10.6. The van der Waals surface area contributed by atoms with Gasteiger partial charge in [-0.1, -0.05) is 25.7 Å². The Labute approximate surface area is 138 Å². The van der Waals surface area contributed by atoms with Crippen molar-refractivity contribution in [2.75, 3.05) is 6.61 Å². The van der Waals surface area contributed by atoms with Crippen LogP contribution in [0.5, 0.6) is 0 Å². The second kappa shape index (κ2) is 6.45. The van der Waals surface area contributed by atoms with E-state index in [9.17, 15) is 9.90 Å². The Balaban J connectivity index is 2.12. The summed E-state index contributed by atoms with van der Waals surface area (Å²) in [5, 5.41) is 9.34. The molecule has 6 heteroatoms. The smallest absolute Gasteiger partial charge is 0.313 e. The predicted octanol–water partition coefficient (Wildman–Crippen LogP) is 3.71. The number of aromatic nitrogens is 2. The molecule has 5 nitrogen and oxygen atoms in total. The largest absolute Gasteiger partial charge is 0.481 e. The second-order valence-corrected chi connectivity index (χ2v) is 13.3. The Morgan fingerprint density at radius 1 is 1.35 bits per heavy atom. The highest BCUT2D eigenvalue weighted by atomic mass is 28.3. The van der Waals surface area contributed by atoms with Gasteiger partial charge in [0.05, 0.1) is 22.8 Å². The standard InChI is InChI=1S/C17H26N2O3Si/c1-17(2,16(20)21)13-6-7-15-14(10-13)18-11-19(15)12-22-8-9-23(3,4)5/h6-7,10-11H,8-9,12H2,1-5H3,(H,20,21). The first kappa shape index (κ1) is 17.7. The Bertz CT molecular complexity index is 701. The van der Waals surface area contributed by atoms with Crippen LogP contribution in [0.2, 0.25) is 25.7 Å². The fourth-order valence-corrected chi connectivity index (χ4v) is 2.98. The van der Waals surface area contributed by atoms with E-state index < -0.39 is 19.5 Å². The molecule has 1 aromatic heterocycles. The van der Waals surface area contributed by atoms with Crippen molar-refractivity contribution in [3.05, 3.63) is 30.1 Å². The van der Waals surface area contributed by atoms with E-state index >= 15 is 0 Å². The molecule has 0 aliphatic carbocycles. The number of ether oxygens (including phenoxy) is 1. The van der Waals surface area contributed by atoms with E-state index in [0.717, 1.165) is 29.2 Å². The van der Waals surface area contributed by atoms with Gasteiger partial charge in [0.25, 0.3) is 0 Å². The molecule has 1 aromatic carbocycles. The number of hydrogen-bond donors (Lipinski definition) is 1. The molecule has 2 rings (SSSR count). The summed E-state index contributed by atoms with van der Waals surface area (Å²) in [5.74, 6) is -0.842. The minimum Gasteiger partial charge on any atom is -0.481 e. The summed E-state index contributed by atoms with van der Waals surface area (Å²) in [6.45, 7) is 11.6. The molecule has 23 heavy (non-hydrogen) atoms. The van der Waals surface area contributed by atoms with Crippen molar-refractivity contribution >= 4 is 25.1 Å². The molecule has 0 radical (unpaired) electrons. The number of aliphatic carboxylic acids is 1. The third-order valence-corrected chi connectivity index (χ3v) is 5.81. The monoisotopic (exact) mass is 334 g/mol. The maximum atomic E-state index is 11.4. The van der Waals surface area contributed by atoms with Crippen LogP contribution < -0.4 is 0 Å². The average molecular weight is 334 g/mol. The van der Waals surface area contributed by atoms with Crippen molar-refractivity contribution in [2.45, 2.75) is 51.7 Å². The lowest BCUT2D eigenvalue weighted by atomic mass is 9.85. The molecule has 1 N–H and O–H groups in total. The van der Waals surface area contributed by atoms with E-state index in [4.69, 9.17) is 4.74 Å². The average Bonchev–Trinajstić information content (AvgIpc) is 2.84. The maximum absolute atomic E-state index is 11.4. The quantitative estimate of drug-likeness (QED) is 0.619. The number of hydrogen-bond acceptors (Lipinski definition) is 3. The number of benzene rings is 1. The van der Waals surface area contributed by atoms with E-state index in [-0.39, 0.29) is 0 Å². The molecular weight excluding hydrogens is 308 g/mol. The fourth-order valence-electron chi connectivity index (χ4n) is 2.22. The Kier molecular flexibility index (Phi) is 4.96. The van der Waals surface area contributed by atoms with E-state index in [1.54, 1.807) is 20.2 Å². The van der Waals surface area contributed by atoms with E-state index in [0.29, 0.717) is 6.73 Å². The molecule has 0 fully saturated rings. The molecule has 0 aliphatic rings. The van der Waals surface area contributed by atoms with Gasteiger partial charge in [-0.3, -0.25) is 4.79 Å². The van der Waals surface area contributed by atoms with Gasteiger partial charge in [0, 0.05) is 14.7 Å². The Hall–Kier alpha value is -1.66. The SMILES string of the molecule is CC(C)(C(=O)O)c1ccc2c(c1)ncn2COCC[Si](C)(C)C. The molecule has 0 saturated carbocycles. The van der Waals surface area contributed by atoms with E-state index in [1.165, 1.54) is 0 Å². The maximum Gasteiger partial charge on any atom is 0.313 e. The van der Waals surface area contributed by atoms with Crippen LogP contribution in [0.4, 0.5) is 0 Å². The third kappa shape index (κ3) is 4.20. The predicted molar refractivity (Wildman–Crippen MR) is 94.5 cm³/mol. The summed E-state index contributed by atoms with van der Waals surface area (Å²) in [5.41, 5.74) is 1.59. The number of nitrogens with zero attached hydrogens (tertiary/aromatic N) is 2. The molecule has 0 spiro atoms. The van der Waals surface area contributed by atoms with Crippen LogP contribution in [-0.2, 0) is 21.7 Å². The van der Waals surface area contributed by atoms with Crippen molar-refractivity contribution in [1.82, 2.24) is 9.55 Å². The molecule has 2 aromatic rings. The number of fused-ring (bicyclic) bond motifs is 1. The van der Waals surface area contributed by atoms with Gasteiger partial charge < -0.3 is 14.4 Å². The van der Waals surface area contributed by atoms with Crippen LogP contribution in [0.1, 0.15) is 19.4 Å². The van der Waals surface area contributed by atoms with Crippen LogP contribution in [0.15, 0.2) is 24.5 Å². The highest BCUT2D eigenvalue weighted by Gasteiger charge is 2.29. The van der Waals surface area contributed by atoms with Crippen molar-refractivity contribution in [1.29, 1.82) is 0 Å². The third-order valence-electron chi connectivity index (χ3n) is 4.10. The second-order valence-electron chi connectivity index (χ2n) is 7.70. The minimum atomic E-state index is -1.08. The zero-order valence-electron chi connectivity index (χ0n) is 14.6. The number of carboxylic acid groups (broad SMARTS) is 1. The summed E-state index contributed by atoms with van der Waals surface area (Å²) in [7, 11) is -1.08. The van der Waals surface area contributed by atoms with Crippen LogP contribution in [0, 0.1) is 0 Å². The normalized spacial score (nSPS) is 12.7. The molecule has 0 bridgehead atoms. The topological polar surface area (TPSA) is 64.3 Å². The summed E-state index contributed by atoms with van der Waals surface area (Å²) in [6.07, 6.45) is 1.75. The summed E-state index contributed by atoms with van der Waals surface area (Å²) in [4.78, 5) is 15.8. The van der Waals surface area contributed by atoms with Gasteiger partial charge in [-0.05, 0) is 37.6 Å². The minimum absolute atomic E-state index is 0.475. The zero-order valence-corrected chi connectivity index (χ0v) is 15.6. The van der Waals surface area contributed by atoms with Crippen LogP contribution in [-0.4, -0.2) is 35.3 Å². The van der Waals surface area contributed by atoms with Gasteiger partial charge in [0.2, 0.25) is 0 Å². The molecule has 0 amide bonds. The number of carbonyl (C=O) groups is 1. The lowest BCUT2D eigenvalue weighted by Gasteiger charge is -2.19. The summed E-state index contributed by atoms with van der Waals surface area (Å²) >= 11 is 0. The van der Waals surface area contributed by atoms with Crippen LogP contribution in [0.25, 0.3) is 11.0 Å². The van der Waals surface area contributed by atoms with Gasteiger partial charge in [-0.2, -0.15) is 0 Å². The first-order valence-corrected chi connectivity index (χ1v) is 11.6. The molecule has 0 aliphatic heterocycles. The summed E-state index contributed by atoms with van der Waals surface area (Å²) in [6, 6.07) is 6.76. The van der Waals surface area contributed by atoms with Crippen molar-refractivity contribution in [3.63, 3.8) is 0 Å². The highest BCUT2D eigenvalue weighted by Crippen LogP contribution is 2.26. The first-order valence-electron chi connectivity index (χ1n) is 7.88. The van der Waals surface area contributed by atoms with Gasteiger partial charge >= 0.3 is 5.97 Å². The molecule has 126 valence electrons. The Morgan fingerprint density at radius 2 is 2.04 bits per heavy atom. The summed E-state index contributed by atoms with van der Waals surface area (Å²) < 4.78 is 7.72. The van der Waals surface area contributed by atoms with E-state index in [1.807, 2.05) is 22.8 Å². The van der Waals surface area contributed by atoms with Crippen LogP contribution >= 0.6 is 0 Å². The molecule has 0 unspecified atom stereocenters. The van der Waals surface area contributed by atoms with Crippen molar-refractivity contribution < 1.29 is 14.6 Å². The van der Waals surface area contributed by atoms with E-state index in [2.05, 4.69) is 24.6 Å². The number of rotatable bonds is 7. The molecule has 0 atom stereocenters. The fraction of sp³-hybridized carbons (Fsp3) is 0.529. The number of imidazole rings is 1. The van der Waals surface area contributed by atoms with Gasteiger partial charge in [0.15, 0.2) is 0 Å². The number of carboxylic acids is 1. The highest BCUT2D eigenvalue weighted by molar-refractivity contribution is 6.76. The van der Waals surface area contributed by atoms with Gasteiger partial charge in [-0.25, -0.2) is 4.98 Å². The van der Waals surface area contributed by atoms with Gasteiger partial charge in [-0.15, -0.1) is 0 Å². The van der Waals surface area contributed by atoms with Crippen molar-refractivity contribution in [3.8, 4) is 0 Å². The van der Waals surface area contributed by atoms with Gasteiger partial charge in [0.1, 0.15) is 6.73 Å². The zero-order chi connectivity index (χ0) is 17.3. The molecule has 1 heterocycles. The molecular formula is C17H26N2O3Si. The lowest BCUT2D eigenvalue weighted by molar-refractivity contribution is -0.142. The van der Waals surface area contributed by atoms with Crippen LogP contribution in [0.3, 0.4) is 0 Å². The Morgan fingerprint density at radius 3 is 2.65 bits per heavy atom.